The molecule has 0 aliphatic heterocycles. The van der Waals surface area contributed by atoms with Crippen molar-refractivity contribution in [3.05, 3.63) is 36.4 Å². The molecule has 0 bridgehead atoms. The molecule has 0 aromatic carbocycles. The summed E-state index contributed by atoms with van der Waals surface area (Å²) in [6, 6.07) is -4.08. The second kappa shape index (κ2) is 21.6. The van der Waals surface area contributed by atoms with Gasteiger partial charge in [0.15, 0.2) is 0 Å². The van der Waals surface area contributed by atoms with Crippen molar-refractivity contribution in [1.29, 1.82) is 0 Å². The minimum atomic E-state index is -1.30. The van der Waals surface area contributed by atoms with Crippen molar-refractivity contribution in [3.63, 3.8) is 0 Å². The number of nitrogens with zero attached hydrogens (tertiary/aromatic N) is 5. The first-order chi connectivity index (χ1) is 23.8. The first-order valence-electron chi connectivity index (χ1n) is 15.9. The first-order valence-corrected chi connectivity index (χ1v) is 15.9. The number of carbonyl (C=O) groups is 7. The Morgan fingerprint density at radius 2 is 1.38 bits per heavy atom. The van der Waals surface area contributed by atoms with E-state index in [1.54, 1.807) is 12.4 Å². The minimum absolute atomic E-state index is 0.0369. The number of hydrogen-bond donors (Lipinski definition) is 8. The summed E-state index contributed by atoms with van der Waals surface area (Å²) in [4.78, 5) is 90.9. The second-order valence-electron chi connectivity index (χ2n) is 11.5. The number of aldehydes is 1. The third-order valence-corrected chi connectivity index (χ3v) is 7.49. The fourth-order valence-corrected chi connectivity index (χ4v) is 4.90. The molecule has 0 aliphatic rings. The summed E-state index contributed by atoms with van der Waals surface area (Å²) in [5, 5.41) is 43.8. The van der Waals surface area contributed by atoms with Gasteiger partial charge in [-0.3, -0.25) is 24.1 Å². The van der Waals surface area contributed by atoms with Crippen LogP contribution in [0, 0.1) is 0 Å². The average molecular weight is 708 g/mol. The molecule has 0 aliphatic carbocycles. The summed E-state index contributed by atoms with van der Waals surface area (Å²) in [5.41, 5.74) is 6.08. The Morgan fingerprint density at radius 1 is 0.800 bits per heavy atom. The van der Waals surface area contributed by atoms with Gasteiger partial charge in [-0.05, 0) is 45.1 Å². The van der Waals surface area contributed by atoms with Crippen LogP contribution in [0.25, 0.3) is 0 Å². The topological polar surface area (TPSA) is 301 Å². The number of carboxylic acid groups (broad SMARTS) is 4. The molecule has 2 heterocycles. The van der Waals surface area contributed by atoms with Gasteiger partial charge in [0.2, 0.25) is 5.91 Å². The molecule has 0 spiro atoms. The largest absolute Gasteiger partial charge is 0.481 e. The van der Waals surface area contributed by atoms with Gasteiger partial charge >= 0.3 is 29.9 Å². The Bertz CT molecular complexity index is 1390. The second-order valence-corrected chi connectivity index (χ2v) is 11.5. The molecule has 20 heteroatoms. The first kappa shape index (κ1) is 40.8. The lowest BCUT2D eigenvalue weighted by atomic mass is 10.1. The summed E-state index contributed by atoms with van der Waals surface area (Å²) in [5.74, 6) is -3.86. The molecule has 0 saturated heterocycles. The molecule has 50 heavy (non-hydrogen) atoms. The molecular weight excluding hydrogens is 662 g/mol. The number of unbranched alkanes of at least 4 members (excludes halogenated alkanes) is 2. The van der Waals surface area contributed by atoms with Crippen LogP contribution in [-0.4, -0.2) is 118 Å². The standard InChI is InChI=1S/C30H45N9O11/c31-21(28(47)34-9-3-1-6-22(29(48)49)36-30(50)35-20(19-40)7-8-25(41)42)5-2-4-12-37(15-23-32-10-13-38(23)17-26(43)44)16-24-33-11-14-39(24)18-27(45)46/h10-11,13-14,19-22H,1-9,12,15-18,31H2,(H,34,47)(H,41,42)(H,43,44)(H,45,46)(H,48,49)(H2,35,36,50)/t20-,21-,22-/m0/s1. The lowest BCUT2D eigenvalue weighted by Crippen LogP contribution is -2.49. The fraction of sp³-hybridized carbons (Fsp3) is 0.567. The van der Waals surface area contributed by atoms with Gasteiger partial charge in [-0.25, -0.2) is 19.6 Å². The molecule has 0 unspecified atom stereocenters. The van der Waals surface area contributed by atoms with Gasteiger partial charge in [0.1, 0.15) is 37.1 Å². The monoisotopic (exact) mass is 707 g/mol. The lowest BCUT2D eigenvalue weighted by Gasteiger charge is -2.23. The smallest absolute Gasteiger partial charge is 0.326 e. The van der Waals surface area contributed by atoms with Gasteiger partial charge in [0.25, 0.3) is 0 Å². The van der Waals surface area contributed by atoms with E-state index in [1.165, 1.54) is 21.5 Å². The van der Waals surface area contributed by atoms with Gasteiger partial charge < -0.3 is 56.0 Å². The van der Waals surface area contributed by atoms with Crippen LogP contribution < -0.4 is 21.7 Å². The Balaban J connectivity index is 1.79. The number of carboxylic acids is 4. The third-order valence-electron chi connectivity index (χ3n) is 7.49. The maximum atomic E-state index is 12.5. The van der Waals surface area contributed by atoms with Crippen LogP contribution >= 0.6 is 0 Å². The zero-order valence-electron chi connectivity index (χ0n) is 27.5. The van der Waals surface area contributed by atoms with Crippen molar-refractivity contribution < 1.29 is 54.0 Å². The van der Waals surface area contributed by atoms with E-state index < -0.39 is 48.0 Å². The predicted molar refractivity (Wildman–Crippen MR) is 172 cm³/mol. The van der Waals surface area contributed by atoms with Gasteiger partial charge in [0.05, 0.1) is 25.2 Å². The molecule has 3 atom stereocenters. The van der Waals surface area contributed by atoms with Gasteiger partial charge in [-0.1, -0.05) is 6.42 Å². The third kappa shape index (κ3) is 15.7. The molecule has 2 aromatic heterocycles. The normalized spacial score (nSPS) is 12.8. The fourth-order valence-electron chi connectivity index (χ4n) is 4.90. The van der Waals surface area contributed by atoms with E-state index in [9.17, 15) is 48.9 Å². The number of nitrogens with one attached hydrogen (secondary N) is 3. The number of carbonyl (C=O) groups excluding carboxylic acids is 3. The molecule has 2 rings (SSSR count). The number of aliphatic carboxylic acids is 4. The number of rotatable bonds is 26. The SMILES string of the molecule is N[C@@H](CCCCN(Cc1nccn1CC(=O)O)Cc1nccn1CC(=O)O)C(=O)NCCCC[C@H](NC(=O)N[C@H](C=O)CCC(=O)O)C(=O)O. The van der Waals surface area contributed by atoms with Gasteiger partial charge in [-0.15, -0.1) is 0 Å². The van der Waals surface area contributed by atoms with Crippen molar-refractivity contribution in [3.8, 4) is 0 Å². The zero-order valence-corrected chi connectivity index (χ0v) is 27.5. The molecule has 3 amide bonds. The lowest BCUT2D eigenvalue weighted by molar-refractivity contribution is -0.140. The minimum Gasteiger partial charge on any atom is -0.481 e. The van der Waals surface area contributed by atoms with Crippen LogP contribution in [0.1, 0.15) is 63.0 Å². The number of amides is 3. The molecule has 0 saturated carbocycles. The Hall–Kier alpha value is -5.37. The quantitative estimate of drug-likeness (QED) is 0.0439. The number of aromatic nitrogens is 4. The van der Waals surface area contributed by atoms with Crippen LogP contribution in [0.5, 0.6) is 0 Å². The highest BCUT2D eigenvalue weighted by Gasteiger charge is 2.22. The van der Waals surface area contributed by atoms with Gasteiger partial charge in [-0.2, -0.15) is 0 Å². The Labute approximate surface area is 287 Å². The van der Waals surface area contributed by atoms with Crippen LogP contribution in [0.15, 0.2) is 24.8 Å². The van der Waals surface area contributed by atoms with Crippen molar-refractivity contribution in [1.82, 2.24) is 40.0 Å². The van der Waals surface area contributed by atoms with Crippen LogP contribution in [-0.2, 0) is 54.9 Å². The van der Waals surface area contributed by atoms with Crippen molar-refractivity contribution in [2.75, 3.05) is 13.1 Å². The van der Waals surface area contributed by atoms with E-state index in [1.807, 2.05) is 4.90 Å². The summed E-state index contributed by atoms with van der Waals surface area (Å²) < 4.78 is 3.01. The number of hydrogen-bond acceptors (Lipinski definition) is 11. The summed E-state index contributed by atoms with van der Waals surface area (Å²) >= 11 is 0. The maximum Gasteiger partial charge on any atom is 0.326 e. The van der Waals surface area contributed by atoms with E-state index in [-0.39, 0.29) is 57.9 Å². The van der Waals surface area contributed by atoms with Crippen LogP contribution in [0.4, 0.5) is 4.79 Å². The van der Waals surface area contributed by atoms with E-state index >= 15 is 0 Å². The molecular formula is C30H45N9O11. The zero-order chi connectivity index (χ0) is 37.1. The Morgan fingerprint density at radius 3 is 1.90 bits per heavy atom. The predicted octanol–water partition coefficient (Wildman–Crippen LogP) is -0.780. The number of imidazole rings is 2. The Kier molecular flexibility index (Phi) is 17.6. The van der Waals surface area contributed by atoms with Gasteiger partial charge in [0, 0.05) is 37.8 Å². The van der Waals surface area contributed by atoms with E-state index in [0.717, 1.165) is 0 Å². The summed E-state index contributed by atoms with van der Waals surface area (Å²) in [7, 11) is 0. The van der Waals surface area contributed by atoms with Crippen molar-refractivity contribution in [2.24, 2.45) is 5.73 Å². The van der Waals surface area contributed by atoms with E-state index in [4.69, 9.17) is 10.8 Å². The highest BCUT2D eigenvalue weighted by molar-refractivity contribution is 5.84. The molecule has 0 fully saturated rings. The molecule has 20 nitrogen and oxygen atoms in total. The maximum absolute atomic E-state index is 12.5. The van der Waals surface area contributed by atoms with E-state index in [0.29, 0.717) is 56.6 Å². The van der Waals surface area contributed by atoms with Crippen LogP contribution in [0.3, 0.4) is 0 Å². The summed E-state index contributed by atoms with van der Waals surface area (Å²) in [6.45, 7) is 0.699. The van der Waals surface area contributed by atoms with Crippen molar-refractivity contribution >= 4 is 42.1 Å². The number of urea groups is 1. The van der Waals surface area contributed by atoms with E-state index in [2.05, 4.69) is 25.9 Å². The highest BCUT2D eigenvalue weighted by Crippen LogP contribution is 2.12. The van der Waals surface area contributed by atoms with Crippen LogP contribution in [0.2, 0.25) is 0 Å². The summed E-state index contributed by atoms with van der Waals surface area (Å²) in [6.07, 6.45) is 8.28. The highest BCUT2D eigenvalue weighted by atomic mass is 16.4. The number of nitrogens with two attached hydrogens (primary N) is 1. The molecule has 2 aromatic rings. The molecule has 9 N–H and O–H groups in total. The molecule has 0 radical (unpaired) electrons. The van der Waals surface area contributed by atoms with Crippen molar-refractivity contribution in [2.45, 2.75) is 95.7 Å². The molecule has 276 valence electrons. The average Bonchev–Trinajstić information content (AvgIpc) is 3.67.